The number of nitrogens with one attached hydrogen (secondary N) is 2. The summed E-state index contributed by atoms with van der Waals surface area (Å²) in [5.74, 6) is -3.03. The molecule has 2 heterocycles. The number of hydrogen-bond donors (Lipinski definition) is 2. The Morgan fingerprint density at radius 3 is 2.40 bits per heavy atom. The molecular formula is C29H27F2N5O4. The van der Waals surface area contributed by atoms with Crippen LogP contribution in [0, 0.1) is 17.6 Å². The molecule has 1 aliphatic carbocycles. The number of hydrogen-bond acceptors (Lipinski definition) is 5. The first-order chi connectivity index (χ1) is 19.1. The third-order valence-electron chi connectivity index (χ3n) is 7.42. The summed E-state index contributed by atoms with van der Waals surface area (Å²) in [5.41, 5.74) is 0.500. The van der Waals surface area contributed by atoms with Gasteiger partial charge in [0.2, 0.25) is 11.8 Å². The van der Waals surface area contributed by atoms with Crippen molar-refractivity contribution in [3.63, 3.8) is 0 Å². The standard InChI is InChI=1S/C29H27F2N5O4/c1-3-35-27(39)29(2,20-13-21(30)15-22(31)14-20)36(28(35)40)16-25(37)33-23-8-7-17-10-19(11-18(17)12-23)26(38)34-24-6-4-5-9-32-24/h4-9,12-15,19H,3,10-11,16H2,1-2H3,(H,33,37)(H,32,34,38)/t19-,29?/m1/s1. The molecule has 0 spiro atoms. The van der Waals surface area contributed by atoms with Gasteiger partial charge in [0.15, 0.2) is 0 Å². The van der Waals surface area contributed by atoms with E-state index in [0.29, 0.717) is 30.4 Å². The molecule has 0 saturated carbocycles. The van der Waals surface area contributed by atoms with Crippen LogP contribution in [-0.2, 0) is 32.8 Å². The first-order valence-electron chi connectivity index (χ1n) is 12.8. The lowest BCUT2D eigenvalue weighted by Gasteiger charge is -2.31. The summed E-state index contributed by atoms with van der Waals surface area (Å²) in [4.78, 5) is 58.2. The largest absolute Gasteiger partial charge is 0.328 e. The Morgan fingerprint density at radius 1 is 1.00 bits per heavy atom. The highest BCUT2D eigenvalue weighted by molar-refractivity contribution is 6.09. The summed E-state index contributed by atoms with van der Waals surface area (Å²) < 4.78 is 28.1. The van der Waals surface area contributed by atoms with Crippen molar-refractivity contribution in [3.8, 4) is 0 Å². The Hall–Kier alpha value is -4.67. The number of nitrogens with zero attached hydrogens (tertiary/aromatic N) is 3. The number of imide groups is 1. The zero-order valence-corrected chi connectivity index (χ0v) is 21.9. The van der Waals surface area contributed by atoms with Crippen LogP contribution in [-0.4, -0.2) is 51.6 Å². The molecule has 206 valence electrons. The maximum absolute atomic E-state index is 14.1. The van der Waals surface area contributed by atoms with Gasteiger partial charge in [-0.2, -0.15) is 0 Å². The Labute approximate surface area is 229 Å². The predicted octanol–water partition coefficient (Wildman–Crippen LogP) is 3.85. The average molecular weight is 548 g/mol. The van der Waals surface area contributed by atoms with Crippen LogP contribution in [0.1, 0.15) is 30.5 Å². The van der Waals surface area contributed by atoms with Gasteiger partial charge in [0.05, 0.1) is 0 Å². The van der Waals surface area contributed by atoms with Crippen molar-refractivity contribution in [3.05, 3.63) is 89.1 Å². The molecule has 0 bridgehead atoms. The van der Waals surface area contributed by atoms with E-state index in [2.05, 4.69) is 15.6 Å². The number of fused-ring (bicyclic) bond motifs is 1. The van der Waals surface area contributed by atoms with Gasteiger partial charge in [-0.05, 0) is 79.8 Å². The molecule has 1 fully saturated rings. The molecule has 9 nitrogen and oxygen atoms in total. The second-order valence-corrected chi connectivity index (χ2v) is 9.99. The van der Waals surface area contributed by atoms with Gasteiger partial charge < -0.3 is 10.6 Å². The third kappa shape index (κ3) is 4.90. The van der Waals surface area contributed by atoms with Gasteiger partial charge in [0.25, 0.3) is 5.91 Å². The highest BCUT2D eigenvalue weighted by Gasteiger charge is 2.55. The SMILES string of the molecule is CCN1C(=O)N(CC(=O)Nc2ccc3c(c2)C[C@H](C(=O)Nc2ccccn2)C3)C(C)(c2cc(F)cc(F)c2)C1=O. The van der Waals surface area contributed by atoms with Gasteiger partial charge >= 0.3 is 6.03 Å². The lowest BCUT2D eigenvalue weighted by atomic mass is 9.90. The molecule has 2 aromatic carbocycles. The quantitative estimate of drug-likeness (QED) is 0.437. The number of anilines is 2. The first kappa shape index (κ1) is 26.9. The molecule has 5 amide bonds. The Balaban J connectivity index is 1.30. The number of benzene rings is 2. The van der Waals surface area contributed by atoms with Gasteiger partial charge in [-0.3, -0.25) is 24.2 Å². The maximum Gasteiger partial charge on any atom is 0.328 e. The molecule has 1 saturated heterocycles. The van der Waals surface area contributed by atoms with Crippen molar-refractivity contribution < 1.29 is 28.0 Å². The van der Waals surface area contributed by atoms with Crippen molar-refractivity contribution >= 4 is 35.3 Å². The number of urea groups is 1. The van der Waals surface area contributed by atoms with E-state index in [1.54, 1.807) is 43.5 Å². The Kier molecular flexibility index (Phi) is 7.05. The van der Waals surface area contributed by atoms with E-state index < -0.39 is 41.6 Å². The van der Waals surface area contributed by atoms with Crippen LogP contribution in [0.15, 0.2) is 60.8 Å². The molecule has 2 atom stereocenters. The van der Waals surface area contributed by atoms with Crippen LogP contribution in [0.3, 0.4) is 0 Å². The highest BCUT2D eigenvalue weighted by Crippen LogP contribution is 2.38. The van der Waals surface area contributed by atoms with Gasteiger partial charge in [-0.15, -0.1) is 0 Å². The van der Waals surface area contributed by atoms with E-state index in [9.17, 15) is 28.0 Å². The summed E-state index contributed by atoms with van der Waals surface area (Å²) in [6.07, 6.45) is 2.62. The summed E-state index contributed by atoms with van der Waals surface area (Å²) in [6.45, 7) is 2.47. The minimum absolute atomic E-state index is 0.0308. The topological polar surface area (TPSA) is 112 Å². The van der Waals surface area contributed by atoms with E-state index in [4.69, 9.17) is 0 Å². The Bertz CT molecular complexity index is 1500. The molecule has 2 N–H and O–H groups in total. The molecular weight excluding hydrogens is 520 g/mol. The number of pyridine rings is 1. The van der Waals surface area contributed by atoms with Crippen molar-refractivity contribution in [2.24, 2.45) is 5.92 Å². The van der Waals surface area contributed by atoms with Crippen molar-refractivity contribution in [2.45, 2.75) is 32.2 Å². The van der Waals surface area contributed by atoms with Crippen LogP contribution in [0.5, 0.6) is 0 Å². The summed E-state index contributed by atoms with van der Waals surface area (Å²) >= 11 is 0. The van der Waals surface area contributed by atoms with Crippen LogP contribution >= 0.6 is 0 Å². The number of carbonyl (C=O) groups is 4. The first-order valence-corrected chi connectivity index (χ1v) is 12.8. The fourth-order valence-electron chi connectivity index (χ4n) is 5.31. The molecule has 3 aromatic rings. The fraction of sp³-hybridized carbons (Fsp3) is 0.276. The van der Waals surface area contributed by atoms with Gasteiger partial charge in [-0.1, -0.05) is 12.1 Å². The zero-order chi connectivity index (χ0) is 28.6. The monoisotopic (exact) mass is 547 g/mol. The van der Waals surface area contributed by atoms with E-state index in [0.717, 1.165) is 33.1 Å². The van der Waals surface area contributed by atoms with Crippen LogP contribution < -0.4 is 10.6 Å². The van der Waals surface area contributed by atoms with Crippen LogP contribution in [0.25, 0.3) is 0 Å². The number of rotatable bonds is 7. The predicted molar refractivity (Wildman–Crippen MR) is 142 cm³/mol. The highest BCUT2D eigenvalue weighted by atomic mass is 19.1. The molecule has 1 unspecified atom stereocenters. The lowest BCUT2D eigenvalue weighted by Crippen LogP contribution is -2.47. The van der Waals surface area contributed by atoms with Crippen molar-refractivity contribution in [1.29, 1.82) is 0 Å². The second kappa shape index (κ2) is 10.5. The molecule has 2 aliphatic rings. The van der Waals surface area contributed by atoms with Crippen molar-refractivity contribution in [1.82, 2.24) is 14.8 Å². The maximum atomic E-state index is 14.1. The van der Waals surface area contributed by atoms with E-state index in [1.165, 1.54) is 6.92 Å². The minimum Gasteiger partial charge on any atom is -0.325 e. The van der Waals surface area contributed by atoms with E-state index in [1.807, 2.05) is 6.07 Å². The van der Waals surface area contributed by atoms with Gasteiger partial charge in [0, 0.05) is 30.4 Å². The number of amides is 5. The average Bonchev–Trinajstić information content (AvgIpc) is 3.42. The van der Waals surface area contributed by atoms with E-state index in [-0.39, 0.29) is 23.9 Å². The number of aromatic nitrogens is 1. The zero-order valence-electron chi connectivity index (χ0n) is 21.9. The fourth-order valence-corrected chi connectivity index (χ4v) is 5.31. The molecule has 0 radical (unpaired) electrons. The lowest BCUT2D eigenvalue weighted by molar-refractivity contribution is -0.133. The van der Waals surface area contributed by atoms with Crippen LogP contribution in [0.2, 0.25) is 0 Å². The van der Waals surface area contributed by atoms with Crippen molar-refractivity contribution in [2.75, 3.05) is 23.7 Å². The summed E-state index contributed by atoms with van der Waals surface area (Å²) in [6, 6.07) is 12.5. The number of carbonyl (C=O) groups excluding carboxylic acids is 4. The molecule has 11 heteroatoms. The van der Waals surface area contributed by atoms with Gasteiger partial charge in [-0.25, -0.2) is 18.6 Å². The molecule has 1 aliphatic heterocycles. The number of likely N-dealkylation sites (N-methyl/N-ethyl adjacent to an activating group) is 1. The van der Waals surface area contributed by atoms with Crippen LogP contribution in [0.4, 0.5) is 25.1 Å². The number of halogens is 2. The third-order valence-corrected chi connectivity index (χ3v) is 7.42. The minimum atomic E-state index is -1.78. The summed E-state index contributed by atoms with van der Waals surface area (Å²) in [5, 5.41) is 5.56. The normalized spacial score (nSPS) is 20.1. The van der Waals surface area contributed by atoms with Gasteiger partial charge in [0.1, 0.15) is 29.5 Å². The Morgan fingerprint density at radius 2 is 1.73 bits per heavy atom. The molecule has 1 aromatic heterocycles. The van der Waals surface area contributed by atoms with E-state index >= 15 is 0 Å². The smallest absolute Gasteiger partial charge is 0.325 e. The molecule has 5 rings (SSSR count). The summed E-state index contributed by atoms with van der Waals surface area (Å²) in [7, 11) is 0. The molecule has 40 heavy (non-hydrogen) atoms. The second-order valence-electron chi connectivity index (χ2n) is 9.99.